The molecular formula is C21H30N2O2. The highest BCUT2D eigenvalue weighted by Crippen LogP contribution is 2.36. The Kier molecular flexibility index (Phi) is 4.81. The van der Waals surface area contributed by atoms with Crippen molar-refractivity contribution >= 4 is 6.02 Å². The lowest BCUT2D eigenvalue weighted by Crippen LogP contribution is -2.28. The Balaban J connectivity index is 1.55. The van der Waals surface area contributed by atoms with E-state index < -0.39 is 0 Å². The molecule has 25 heavy (non-hydrogen) atoms. The van der Waals surface area contributed by atoms with Gasteiger partial charge in [-0.15, -0.1) is 0 Å². The van der Waals surface area contributed by atoms with Crippen molar-refractivity contribution in [2.45, 2.75) is 52.6 Å². The number of benzene rings is 1. The number of hydrogen-bond acceptors (Lipinski definition) is 4. The monoisotopic (exact) mass is 342 g/mol. The molecule has 0 N–H and O–H groups in total. The van der Waals surface area contributed by atoms with Crippen LogP contribution in [0.25, 0.3) is 0 Å². The van der Waals surface area contributed by atoms with E-state index in [2.05, 4.69) is 68.8 Å². The maximum absolute atomic E-state index is 5.94. The maximum atomic E-state index is 5.94. The second kappa shape index (κ2) is 6.74. The average molecular weight is 342 g/mol. The molecule has 1 unspecified atom stereocenters. The molecule has 0 aromatic heterocycles. The SMILES string of the molecule is CC(C)(C)CC(C)(C)c1ccc(OCC2CN3CC=CN=C3O2)cc1. The molecule has 4 heteroatoms. The zero-order chi connectivity index (χ0) is 18.1. The lowest BCUT2D eigenvalue weighted by molar-refractivity contribution is 0.146. The summed E-state index contributed by atoms with van der Waals surface area (Å²) in [5.74, 6) is 0.892. The summed E-state index contributed by atoms with van der Waals surface area (Å²) in [4.78, 5) is 6.38. The van der Waals surface area contributed by atoms with E-state index in [0.29, 0.717) is 12.0 Å². The minimum absolute atomic E-state index is 0.0376. The number of rotatable bonds is 5. The lowest BCUT2D eigenvalue weighted by atomic mass is 9.72. The summed E-state index contributed by atoms with van der Waals surface area (Å²) in [5.41, 5.74) is 1.81. The fourth-order valence-electron chi connectivity index (χ4n) is 3.85. The predicted octanol–water partition coefficient (Wildman–Crippen LogP) is 4.36. The van der Waals surface area contributed by atoms with Crippen molar-refractivity contribution < 1.29 is 9.47 Å². The topological polar surface area (TPSA) is 34.1 Å². The molecule has 1 saturated heterocycles. The second-order valence-electron chi connectivity index (χ2n) is 8.90. The third-order valence-corrected chi connectivity index (χ3v) is 4.63. The smallest absolute Gasteiger partial charge is 0.292 e. The Morgan fingerprint density at radius 1 is 1.16 bits per heavy atom. The average Bonchev–Trinajstić information content (AvgIpc) is 2.94. The van der Waals surface area contributed by atoms with Gasteiger partial charge in [0, 0.05) is 12.7 Å². The van der Waals surface area contributed by atoms with Gasteiger partial charge < -0.3 is 14.4 Å². The van der Waals surface area contributed by atoms with Crippen LogP contribution in [0, 0.1) is 5.41 Å². The number of ether oxygens (including phenoxy) is 2. The van der Waals surface area contributed by atoms with E-state index in [1.165, 1.54) is 5.56 Å². The number of aliphatic imine (C=N–C) groups is 1. The van der Waals surface area contributed by atoms with E-state index in [1.807, 2.05) is 6.08 Å². The van der Waals surface area contributed by atoms with Crippen molar-refractivity contribution in [2.24, 2.45) is 10.4 Å². The van der Waals surface area contributed by atoms with Crippen LogP contribution in [0.2, 0.25) is 0 Å². The minimum atomic E-state index is 0.0376. The summed E-state index contributed by atoms with van der Waals surface area (Å²) in [5, 5.41) is 0. The van der Waals surface area contributed by atoms with Gasteiger partial charge in [-0.1, -0.05) is 46.8 Å². The van der Waals surface area contributed by atoms with Gasteiger partial charge in [0.2, 0.25) is 0 Å². The van der Waals surface area contributed by atoms with Crippen LogP contribution in [0.15, 0.2) is 41.5 Å². The van der Waals surface area contributed by atoms with Crippen molar-refractivity contribution in [3.8, 4) is 5.75 Å². The molecule has 2 aliphatic rings. The minimum Gasteiger partial charge on any atom is -0.490 e. The first-order chi connectivity index (χ1) is 11.7. The van der Waals surface area contributed by atoms with E-state index in [0.717, 1.165) is 31.3 Å². The summed E-state index contributed by atoms with van der Waals surface area (Å²) in [6, 6.07) is 9.24. The molecule has 1 atom stereocenters. The Bertz CT molecular complexity index is 653. The van der Waals surface area contributed by atoms with Gasteiger partial charge in [0.25, 0.3) is 6.02 Å². The molecule has 4 nitrogen and oxygen atoms in total. The van der Waals surface area contributed by atoms with E-state index in [-0.39, 0.29) is 11.5 Å². The van der Waals surface area contributed by atoms with Crippen LogP contribution >= 0.6 is 0 Å². The quantitative estimate of drug-likeness (QED) is 0.797. The fourth-order valence-corrected chi connectivity index (χ4v) is 3.85. The van der Waals surface area contributed by atoms with Crippen molar-refractivity contribution in [1.29, 1.82) is 0 Å². The Morgan fingerprint density at radius 2 is 1.88 bits per heavy atom. The van der Waals surface area contributed by atoms with Crippen LogP contribution < -0.4 is 4.74 Å². The molecule has 0 radical (unpaired) electrons. The Labute approximate surface area is 151 Å². The first-order valence-corrected chi connectivity index (χ1v) is 9.11. The number of amidine groups is 1. The summed E-state index contributed by atoms with van der Waals surface area (Å²) in [6.45, 7) is 13.7. The summed E-state index contributed by atoms with van der Waals surface area (Å²) >= 11 is 0. The Morgan fingerprint density at radius 3 is 2.52 bits per heavy atom. The zero-order valence-electron chi connectivity index (χ0n) is 16.1. The zero-order valence-corrected chi connectivity index (χ0v) is 16.1. The molecule has 0 amide bonds. The molecule has 2 aliphatic heterocycles. The van der Waals surface area contributed by atoms with Crippen molar-refractivity contribution in [2.75, 3.05) is 19.7 Å². The van der Waals surface area contributed by atoms with Crippen LogP contribution in [-0.4, -0.2) is 36.7 Å². The van der Waals surface area contributed by atoms with Gasteiger partial charge in [-0.25, -0.2) is 4.99 Å². The first kappa shape index (κ1) is 17.8. The second-order valence-corrected chi connectivity index (χ2v) is 8.90. The van der Waals surface area contributed by atoms with Crippen LogP contribution in [0.3, 0.4) is 0 Å². The molecule has 3 rings (SSSR count). The molecule has 136 valence electrons. The molecular weight excluding hydrogens is 312 g/mol. The molecule has 1 aromatic rings. The van der Waals surface area contributed by atoms with E-state index in [1.54, 1.807) is 6.20 Å². The van der Waals surface area contributed by atoms with Crippen molar-refractivity contribution in [1.82, 2.24) is 4.90 Å². The lowest BCUT2D eigenvalue weighted by Gasteiger charge is -2.33. The molecule has 0 bridgehead atoms. The normalized spacial score (nSPS) is 20.1. The van der Waals surface area contributed by atoms with Crippen molar-refractivity contribution in [3.63, 3.8) is 0 Å². The standard InChI is InChI=1S/C21H30N2O2/c1-20(2,3)15-21(4,5)16-7-9-17(10-8-16)24-14-18-13-23-12-6-11-22-19(23)25-18/h6-11,18H,12-15H2,1-5H3. The molecule has 1 fully saturated rings. The number of nitrogens with zero attached hydrogens (tertiary/aromatic N) is 2. The van der Waals surface area contributed by atoms with Crippen LogP contribution in [0.4, 0.5) is 0 Å². The van der Waals surface area contributed by atoms with Gasteiger partial charge in [0.15, 0.2) is 6.10 Å². The largest absolute Gasteiger partial charge is 0.490 e. The predicted molar refractivity (Wildman–Crippen MR) is 102 cm³/mol. The maximum Gasteiger partial charge on any atom is 0.292 e. The van der Waals surface area contributed by atoms with E-state index in [9.17, 15) is 0 Å². The van der Waals surface area contributed by atoms with Gasteiger partial charge in [-0.05, 0) is 41.0 Å². The summed E-state index contributed by atoms with van der Waals surface area (Å²) in [6.07, 6.45) is 5.01. The van der Waals surface area contributed by atoms with Crippen LogP contribution in [0.5, 0.6) is 5.75 Å². The number of hydrogen-bond donors (Lipinski definition) is 0. The highest BCUT2D eigenvalue weighted by molar-refractivity contribution is 5.77. The Hall–Kier alpha value is -1.97. The van der Waals surface area contributed by atoms with Gasteiger partial charge in [-0.3, -0.25) is 0 Å². The van der Waals surface area contributed by atoms with Gasteiger partial charge in [0.05, 0.1) is 6.54 Å². The highest BCUT2D eigenvalue weighted by atomic mass is 16.6. The van der Waals surface area contributed by atoms with Crippen molar-refractivity contribution in [3.05, 3.63) is 42.1 Å². The van der Waals surface area contributed by atoms with Crippen LogP contribution in [-0.2, 0) is 10.2 Å². The fraction of sp³-hybridized carbons (Fsp3) is 0.571. The molecule has 2 heterocycles. The molecule has 0 saturated carbocycles. The third-order valence-electron chi connectivity index (χ3n) is 4.63. The molecule has 0 spiro atoms. The summed E-state index contributed by atoms with van der Waals surface area (Å²) in [7, 11) is 0. The molecule has 1 aromatic carbocycles. The number of fused-ring (bicyclic) bond motifs is 1. The summed E-state index contributed by atoms with van der Waals surface area (Å²) < 4.78 is 11.8. The highest BCUT2D eigenvalue weighted by Gasteiger charge is 2.30. The van der Waals surface area contributed by atoms with Gasteiger partial charge >= 0.3 is 0 Å². The van der Waals surface area contributed by atoms with E-state index >= 15 is 0 Å². The first-order valence-electron chi connectivity index (χ1n) is 9.11. The van der Waals surface area contributed by atoms with Gasteiger partial charge in [-0.2, -0.15) is 0 Å². The molecule has 0 aliphatic carbocycles. The third kappa shape index (κ3) is 4.56. The van der Waals surface area contributed by atoms with Gasteiger partial charge in [0.1, 0.15) is 12.4 Å². The van der Waals surface area contributed by atoms with Crippen LogP contribution in [0.1, 0.15) is 46.6 Å². The van der Waals surface area contributed by atoms with E-state index in [4.69, 9.17) is 9.47 Å².